The van der Waals surface area contributed by atoms with Crippen molar-refractivity contribution in [3.8, 4) is 0 Å². The van der Waals surface area contributed by atoms with Crippen LogP contribution < -0.4 is 0 Å². The van der Waals surface area contributed by atoms with Gasteiger partial charge in [-0.3, -0.25) is 9.59 Å². The number of halogens is 1. The summed E-state index contributed by atoms with van der Waals surface area (Å²) in [5, 5.41) is 0. The van der Waals surface area contributed by atoms with E-state index >= 15 is 0 Å². The van der Waals surface area contributed by atoms with E-state index < -0.39 is 4.32 Å². The lowest BCUT2D eigenvalue weighted by Gasteiger charge is -2.20. The Bertz CT molecular complexity index is 257. The van der Waals surface area contributed by atoms with Crippen molar-refractivity contribution >= 4 is 27.9 Å². The fourth-order valence-electron chi connectivity index (χ4n) is 1.24. The molecule has 86 valence electrons. The molecule has 1 atom stereocenters. The predicted molar refractivity (Wildman–Crippen MR) is 57.7 cm³/mol. The molecule has 0 aromatic carbocycles. The normalized spacial score (nSPS) is 22.9. The fraction of sp³-hybridized carbons (Fsp3) is 0.800. The molecule has 1 aliphatic heterocycles. The molecule has 4 nitrogen and oxygen atoms in total. The second-order valence-electron chi connectivity index (χ2n) is 4.07. The standard InChI is InChI=1S/C10H15BrO4/c1-10(2,11)9(13)15-7-4-3-5-14-8(12)6-7/h7H,3-6H2,1-2H3. The molecular formula is C10H15BrO4. The Morgan fingerprint density at radius 1 is 1.60 bits per heavy atom. The third-order valence-electron chi connectivity index (χ3n) is 2.09. The van der Waals surface area contributed by atoms with E-state index in [9.17, 15) is 9.59 Å². The van der Waals surface area contributed by atoms with Crippen molar-refractivity contribution in [2.24, 2.45) is 0 Å². The monoisotopic (exact) mass is 278 g/mol. The summed E-state index contributed by atoms with van der Waals surface area (Å²) in [6.07, 6.45) is 1.24. The number of rotatable bonds is 2. The lowest BCUT2D eigenvalue weighted by atomic mass is 10.1. The van der Waals surface area contributed by atoms with E-state index in [1.54, 1.807) is 13.8 Å². The van der Waals surface area contributed by atoms with Crippen LogP contribution in [0.1, 0.15) is 33.1 Å². The van der Waals surface area contributed by atoms with Crippen molar-refractivity contribution in [2.75, 3.05) is 6.61 Å². The van der Waals surface area contributed by atoms with Crippen molar-refractivity contribution in [2.45, 2.75) is 43.5 Å². The summed E-state index contributed by atoms with van der Waals surface area (Å²) in [5.41, 5.74) is 0. The first kappa shape index (κ1) is 12.5. The first-order valence-corrected chi connectivity index (χ1v) is 5.74. The third kappa shape index (κ3) is 4.20. The Labute approximate surface area is 97.4 Å². The Morgan fingerprint density at radius 2 is 2.27 bits per heavy atom. The van der Waals surface area contributed by atoms with Crippen molar-refractivity contribution in [1.29, 1.82) is 0 Å². The van der Waals surface area contributed by atoms with Gasteiger partial charge in [-0.05, 0) is 26.7 Å². The number of ether oxygens (including phenoxy) is 2. The fourth-order valence-corrected chi connectivity index (χ4v) is 1.33. The van der Waals surface area contributed by atoms with Gasteiger partial charge in [0.2, 0.25) is 0 Å². The van der Waals surface area contributed by atoms with Crippen molar-refractivity contribution in [1.82, 2.24) is 0 Å². The molecule has 1 unspecified atom stereocenters. The third-order valence-corrected chi connectivity index (χ3v) is 2.41. The summed E-state index contributed by atoms with van der Waals surface area (Å²) >= 11 is 3.21. The zero-order chi connectivity index (χ0) is 11.5. The van der Waals surface area contributed by atoms with Gasteiger partial charge in [-0.15, -0.1) is 0 Å². The molecule has 0 amide bonds. The van der Waals surface area contributed by atoms with Crippen LogP contribution in [-0.2, 0) is 19.1 Å². The minimum atomic E-state index is -0.705. The highest BCUT2D eigenvalue weighted by Crippen LogP contribution is 2.21. The van der Waals surface area contributed by atoms with E-state index in [0.29, 0.717) is 13.0 Å². The van der Waals surface area contributed by atoms with E-state index in [4.69, 9.17) is 9.47 Å². The lowest BCUT2D eigenvalue weighted by Crippen LogP contribution is -2.31. The Hall–Kier alpha value is -0.580. The second kappa shape index (κ2) is 4.96. The van der Waals surface area contributed by atoms with Crippen LogP contribution in [0.3, 0.4) is 0 Å². The number of hydrogen-bond donors (Lipinski definition) is 0. The van der Waals surface area contributed by atoms with Crippen LogP contribution >= 0.6 is 15.9 Å². The molecule has 1 aliphatic rings. The molecule has 0 saturated carbocycles. The summed E-state index contributed by atoms with van der Waals surface area (Å²) in [6, 6.07) is 0. The van der Waals surface area contributed by atoms with Crippen LogP contribution in [-0.4, -0.2) is 29.0 Å². The van der Waals surface area contributed by atoms with Crippen LogP contribution in [0.4, 0.5) is 0 Å². The highest BCUT2D eigenvalue weighted by molar-refractivity contribution is 9.10. The Kier molecular flexibility index (Phi) is 4.13. The highest BCUT2D eigenvalue weighted by atomic mass is 79.9. The Morgan fingerprint density at radius 3 is 2.87 bits per heavy atom. The van der Waals surface area contributed by atoms with Crippen LogP contribution in [0.15, 0.2) is 0 Å². The maximum absolute atomic E-state index is 11.5. The number of esters is 2. The molecule has 5 heteroatoms. The summed E-state index contributed by atoms with van der Waals surface area (Å²) < 4.78 is 9.37. The van der Waals surface area contributed by atoms with E-state index in [1.807, 2.05) is 0 Å². The minimum absolute atomic E-state index is 0.162. The van der Waals surface area contributed by atoms with Crippen molar-refractivity contribution in [3.63, 3.8) is 0 Å². The first-order chi connectivity index (χ1) is 6.89. The summed E-state index contributed by atoms with van der Waals surface area (Å²) in [4.78, 5) is 22.6. The highest BCUT2D eigenvalue weighted by Gasteiger charge is 2.30. The van der Waals surface area contributed by atoms with Gasteiger partial charge in [0.15, 0.2) is 0 Å². The average molecular weight is 279 g/mol. The molecule has 1 heterocycles. The van der Waals surface area contributed by atoms with Gasteiger partial charge in [0.05, 0.1) is 13.0 Å². The molecule has 0 bridgehead atoms. The lowest BCUT2D eigenvalue weighted by molar-refractivity contribution is -0.154. The molecule has 1 saturated heterocycles. The van der Waals surface area contributed by atoms with E-state index in [2.05, 4.69) is 15.9 Å². The number of carbonyl (C=O) groups is 2. The van der Waals surface area contributed by atoms with Crippen LogP contribution in [0.25, 0.3) is 0 Å². The quantitative estimate of drug-likeness (QED) is 0.571. The molecule has 15 heavy (non-hydrogen) atoms. The van der Waals surface area contributed by atoms with Crippen LogP contribution in [0.5, 0.6) is 0 Å². The van der Waals surface area contributed by atoms with Gasteiger partial charge in [-0.1, -0.05) is 15.9 Å². The summed E-state index contributed by atoms with van der Waals surface area (Å²) in [7, 11) is 0. The van der Waals surface area contributed by atoms with E-state index in [-0.39, 0.29) is 24.5 Å². The van der Waals surface area contributed by atoms with Gasteiger partial charge in [0.25, 0.3) is 0 Å². The number of carbonyl (C=O) groups excluding carboxylic acids is 2. The van der Waals surface area contributed by atoms with Crippen LogP contribution in [0.2, 0.25) is 0 Å². The molecule has 0 spiro atoms. The Balaban J connectivity index is 2.50. The predicted octanol–water partition coefficient (Wildman–Crippen LogP) is 1.80. The summed E-state index contributed by atoms with van der Waals surface area (Å²) in [6.45, 7) is 3.85. The number of alkyl halides is 1. The zero-order valence-electron chi connectivity index (χ0n) is 8.92. The maximum Gasteiger partial charge on any atom is 0.322 e. The number of hydrogen-bond acceptors (Lipinski definition) is 4. The van der Waals surface area contributed by atoms with Gasteiger partial charge >= 0.3 is 11.9 Å². The zero-order valence-corrected chi connectivity index (χ0v) is 10.5. The maximum atomic E-state index is 11.5. The van der Waals surface area contributed by atoms with Crippen molar-refractivity contribution < 1.29 is 19.1 Å². The topological polar surface area (TPSA) is 52.6 Å². The van der Waals surface area contributed by atoms with Gasteiger partial charge in [0.1, 0.15) is 10.4 Å². The molecule has 0 aromatic rings. The molecule has 1 rings (SSSR count). The van der Waals surface area contributed by atoms with Gasteiger partial charge in [-0.25, -0.2) is 0 Å². The van der Waals surface area contributed by atoms with Gasteiger partial charge in [0, 0.05) is 0 Å². The molecule has 0 radical (unpaired) electrons. The van der Waals surface area contributed by atoms with Crippen LogP contribution in [0, 0.1) is 0 Å². The van der Waals surface area contributed by atoms with E-state index in [0.717, 1.165) is 6.42 Å². The second-order valence-corrected chi connectivity index (χ2v) is 6.05. The molecule has 0 N–H and O–H groups in total. The largest absolute Gasteiger partial charge is 0.466 e. The average Bonchev–Trinajstić information content (AvgIpc) is 2.28. The smallest absolute Gasteiger partial charge is 0.322 e. The van der Waals surface area contributed by atoms with Crippen molar-refractivity contribution in [3.05, 3.63) is 0 Å². The molecule has 1 fully saturated rings. The first-order valence-electron chi connectivity index (χ1n) is 4.95. The minimum Gasteiger partial charge on any atom is -0.466 e. The SMILES string of the molecule is CC(C)(Br)C(=O)OC1CCCOC(=O)C1. The van der Waals surface area contributed by atoms with Gasteiger partial charge in [-0.2, -0.15) is 0 Å². The summed E-state index contributed by atoms with van der Waals surface area (Å²) in [5.74, 6) is -0.639. The number of cyclic esters (lactones) is 1. The van der Waals surface area contributed by atoms with Gasteiger partial charge < -0.3 is 9.47 Å². The molecule has 0 aliphatic carbocycles. The molecule has 0 aromatic heterocycles. The molecular weight excluding hydrogens is 264 g/mol. The van der Waals surface area contributed by atoms with E-state index in [1.165, 1.54) is 0 Å².